The first kappa shape index (κ1) is 12.9. The van der Waals surface area contributed by atoms with Crippen LogP contribution in [-0.2, 0) is 0 Å². The quantitative estimate of drug-likeness (QED) is 0.861. The zero-order chi connectivity index (χ0) is 12.1. The molecule has 1 aromatic carbocycles. The summed E-state index contributed by atoms with van der Waals surface area (Å²) in [6.45, 7) is 5.64. The van der Waals surface area contributed by atoms with E-state index in [1.165, 1.54) is 18.4 Å². The molecule has 1 heterocycles. The molecular weight excluding hydrogens is 232 g/mol. The fourth-order valence-corrected chi connectivity index (χ4v) is 2.52. The highest BCUT2D eigenvalue weighted by Crippen LogP contribution is 2.18. The molecule has 0 amide bonds. The predicted molar refractivity (Wildman–Crippen MR) is 73.5 cm³/mol. The maximum atomic E-state index is 6.00. The van der Waals surface area contributed by atoms with E-state index in [-0.39, 0.29) is 0 Å². The van der Waals surface area contributed by atoms with E-state index in [4.69, 9.17) is 11.6 Å². The van der Waals surface area contributed by atoms with Gasteiger partial charge in [-0.05, 0) is 63.0 Å². The molecule has 0 bridgehead atoms. The van der Waals surface area contributed by atoms with Crippen LogP contribution in [0.4, 0.5) is 0 Å². The first-order valence-electron chi connectivity index (χ1n) is 6.45. The fourth-order valence-electron chi connectivity index (χ4n) is 2.32. The van der Waals surface area contributed by atoms with E-state index in [1.54, 1.807) is 0 Å². The summed E-state index contributed by atoms with van der Waals surface area (Å²) in [6, 6.07) is 8.49. The van der Waals surface area contributed by atoms with Crippen molar-refractivity contribution < 1.29 is 0 Å². The second-order valence-corrected chi connectivity index (χ2v) is 5.31. The highest BCUT2D eigenvalue weighted by atomic mass is 35.5. The number of benzene rings is 1. The van der Waals surface area contributed by atoms with Crippen molar-refractivity contribution in [3.05, 3.63) is 34.9 Å². The first-order valence-corrected chi connectivity index (χ1v) is 6.83. The minimum atomic E-state index is 0.378. The van der Waals surface area contributed by atoms with Crippen LogP contribution in [0.1, 0.15) is 31.4 Å². The second-order valence-electron chi connectivity index (χ2n) is 4.88. The van der Waals surface area contributed by atoms with Gasteiger partial charge in [-0.3, -0.25) is 0 Å². The smallest absolute Gasteiger partial charge is 0.0409 e. The van der Waals surface area contributed by atoms with Crippen LogP contribution in [0, 0.1) is 5.92 Å². The lowest BCUT2D eigenvalue weighted by atomic mass is 9.97. The van der Waals surface area contributed by atoms with Crippen LogP contribution in [0.2, 0.25) is 5.02 Å². The van der Waals surface area contributed by atoms with Crippen LogP contribution in [0.15, 0.2) is 24.3 Å². The molecule has 3 heteroatoms. The highest BCUT2D eigenvalue weighted by molar-refractivity contribution is 6.30. The van der Waals surface area contributed by atoms with Crippen LogP contribution < -0.4 is 10.6 Å². The van der Waals surface area contributed by atoms with Gasteiger partial charge in [0.25, 0.3) is 0 Å². The maximum absolute atomic E-state index is 6.00. The molecule has 0 aliphatic carbocycles. The van der Waals surface area contributed by atoms with Crippen molar-refractivity contribution in [2.24, 2.45) is 5.92 Å². The van der Waals surface area contributed by atoms with Crippen molar-refractivity contribution in [2.45, 2.75) is 25.8 Å². The van der Waals surface area contributed by atoms with Gasteiger partial charge in [-0.1, -0.05) is 23.7 Å². The molecule has 1 unspecified atom stereocenters. The Morgan fingerprint density at radius 3 is 2.88 bits per heavy atom. The number of hydrogen-bond acceptors (Lipinski definition) is 2. The van der Waals surface area contributed by atoms with Crippen molar-refractivity contribution in [1.82, 2.24) is 10.6 Å². The minimum Gasteiger partial charge on any atom is -0.317 e. The van der Waals surface area contributed by atoms with E-state index >= 15 is 0 Å². The number of piperidine rings is 1. The molecule has 2 N–H and O–H groups in total. The average molecular weight is 253 g/mol. The van der Waals surface area contributed by atoms with Gasteiger partial charge in [-0.15, -0.1) is 0 Å². The van der Waals surface area contributed by atoms with Gasteiger partial charge in [0, 0.05) is 11.1 Å². The standard InChI is InChI=1S/C14H21ClN2/c1-11(13-3-2-4-14(15)9-13)17-10-12-5-7-16-8-6-12/h2-4,9,11-12,16-17H,5-8,10H2,1H3. The summed E-state index contributed by atoms with van der Waals surface area (Å²) in [6.07, 6.45) is 2.57. The lowest BCUT2D eigenvalue weighted by molar-refractivity contribution is 0.345. The summed E-state index contributed by atoms with van der Waals surface area (Å²) in [5.41, 5.74) is 1.27. The van der Waals surface area contributed by atoms with E-state index in [0.29, 0.717) is 6.04 Å². The molecule has 17 heavy (non-hydrogen) atoms. The van der Waals surface area contributed by atoms with Crippen LogP contribution in [0.25, 0.3) is 0 Å². The maximum Gasteiger partial charge on any atom is 0.0409 e. The Morgan fingerprint density at radius 2 is 2.18 bits per heavy atom. The van der Waals surface area contributed by atoms with Gasteiger partial charge in [-0.2, -0.15) is 0 Å². The largest absolute Gasteiger partial charge is 0.317 e. The van der Waals surface area contributed by atoms with Crippen LogP contribution in [-0.4, -0.2) is 19.6 Å². The Balaban J connectivity index is 1.82. The Kier molecular flexibility index (Phi) is 4.84. The van der Waals surface area contributed by atoms with Crippen LogP contribution in [0.5, 0.6) is 0 Å². The molecule has 1 aliphatic rings. The summed E-state index contributed by atoms with van der Waals surface area (Å²) >= 11 is 6.00. The predicted octanol–water partition coefficient (Wildman–Crippen LogP) is 2.99. The Morgan fingerprint density at radius 1 is 1.41 bits per heavy atom. The van der Waals surface area contributed by atoms with E-state index in [2.05, 4.69) is 23.6 Å². The Labute approximate surface area is 109 Å². The number of rotatable bonds is 4. The van der Waals surface area contributed by atoms with Gasteiger partial charge in [0.05, 0.1) is 0 Å². The zero-order valence-corrected chi connectivity index (χ0v) is 11.1. The first-order chi connectivity index (χ1) is 8.25. The fraction of sp³-hybridized carbons (Fsp3) is 0.571. The van der Waals surface area contributed by atoms with Gasteiger partial charge in [-0.25, -0.2) is 0 Å². The third kappa shape index (κ3) is 3.98. The molecular formula is C14H21ClN2. The number of halogens is 1. The molecule has 2 nitrogen and oxygen atoms in total. The normalized spacial score (nSPS) is 19.2. The molecule has 2 rings (SSSR count). The molecule has 0 saturated carbocycles. The second kappa shape index (κ2) is 6.39. The highest BCUT2D eigenvalue weighted by Gasteiger charge is 2.14. The minimum absolute atomic E-state index is 0.378. The molecule has 1 aliphatic heterocycles. The van der Waals surface area contributed by atoms with Gasteiger partial charge >= 0.3 is 0 Å². The SMILES string of the molecule is CC(NCC1CCNCC1)c1cccc(Cl)c1. The van der Waals surface area contributed by atoms with Crippen molar-refractivity contribution >= 4 is 11.6 Å². The molecule has 0 spiro atoms. The molecule has 0 aromatic heterocycles. The molecule has 94 valence electrons. The molecule has 1 atom stereocenters. The summed E-state index contributed by atoms with van der Waals surface area (Å²) in [7, 11) is 0. The molecule has 1 saturated heterocycles. The van der Waals surface area contributed by atoms with Crippen molar-refractivity contribution in [1.29, 1.82) is 0 Å². The summed E-state index contributed by atoms with van der Waals surface area (Å²) in [5.74, 6) is 0.817. The van der Waals surface area contributed by atoms with Gasteiger partial charge in [0.15, 0.2) is 0 Å². The van der Waals surface area contributed by atoms with Gasteiger partial charge in [0.2, 0.25) is 0 Å². The lowest BCUT2D eigenvalue weighted by Gasteiger charge is -2.25. The van der Waals surface area contributed by atoms with Crippen LogP contribution in [0.3, 0.4) is 0 Å². The number of hydrogen-bond donors (Lipinski definition) is 2. The third-order valence-electron chi connectivity index (χ3n) is 3.52. The van der Waals surface area contributed by atoms with Crippen molar-refractivity contribution in [3.8, 4) is 0 Å². The molecule has 0 radical (unpaired) electrons. The van der Waals surface area contributed by atoms with E-state index in [0.717, 1.165) is 30.6 Å². The lowest BCUT2D eigenvalue weighted by Crippen LogP contribution is -2.34. The average Bonchev–Trinajstić information content (AvgIpc) is 2.37. The Hall–Kier alpha value is -0.570. The summed E-state index contributed by atoms with van der Waals surface area (Å²) in [5, 5.41) is 7.82. The topological polar surface area (TPSA) is 24.1 Å². The summed E-state index contributed by atoms with van der Waals surface area (Å²) in [4.78, 5) is 0. The van der Waals surface area contributed by atoms with Crippen molar-refractivity contribution in [3.63, 3.8) is 0 Å². The van der Waals surface area contributed by atoms with Crippen LogP contribution >= 0.6 is 11.6 Å². The Bertz CT molecular complexity index is 348. The van der Waals surface area contributed by atoms with E-state index in [9.17, 15) is 0 Å². The van der Waals surface area contributed by atoms with E-state index < -0.39 is 0 Å². The zero-order valence-electron chi connectivity index (χ0n) is 10.4. The monoisotopic (exact) mass is 252 g/mol. The van der Waals surface area contributed by atoms with Crippen molar-refractivity contribution in [2.75, 3.05) is 19.6 Å². The molecule has 1 fully saturated rings. The third-order valence-corrected chi connectivity index (χ3v) is 3.76. The summed E-state index contributed by atoms with van der Waals surface area (Å²) < 4.78 is 0. The van der Waals surface area contributed by atoms with E-state index in [1.807, 2.05) is 18.2 Å². The number of nitrogens with one attached hydrogen (secondary N) is 2. The van der Waals surface area contributed by atoms with Gasteiger partial charge < -0.3 is 10.6 Å². The van der Waals surface area contributed by atoms with Gasteiger partial charge in [0.1, 0.15) is 0 Å². The molecule has 1 aromatic rings.